The lowest BCUT2D eigenvalue weighted by molar-refractivity contribution is -0.123. The van der Waals surface area contributed by atoms with Crippen LogP contribution in [0.5, 0.6) is 0 Å². The Hall–Kier alpha value is -1.10. The van der Waals surface area contributed by atoms with Crippen molar-refractivity contribution >= 4 is 11.9 Å². The van der Waals surface area contributed by atoms with E-state index in [-0.39, 0.29) is 5.91 Å². The van der Waals surface area contributed by atoms with E-state index in [1.165, 1.54) is 0 Å². The molecule has 74 valence electrons. The highest BCUT2D eigenvalue weighted by molar-refractivity contribution is 6.06. The molecule has 5 nitrogen and oxygen atoms in total. The first kappa shape index (κ1) is 9.98. The van der Waals surface area contributed by atoms with E-state index in [9.17, 15) is 9.59 Å². The number of amides is 3. The lowest BCUT2D eigenvalue weighted by Gasteiger charge is -2.22. The number of rotatable bonds is 3. The molecular weight excluding hydrogens is 170 g/mol. The number of hydrogen-bond donors (Lipinski definition) is 2. The van der Waals surface area contributed by atoms with E-state index >= 15 is 0 Å². The van der Waals surface area contributed by atoms with Gasteiger partial charge in [0, 0.05) is 6.54 Å². The standard InChI is InChI=1S/C8H15N3O2/c1-8(4-5-11(2)3)6(12)9-7(13)10-8/h4-5H2,1-3H3,(H2,9,10,12,13)/t8-/m0/s1. The van der Waals surface area contributed by atoms with E-state index < -0.39 is 11.6 Å². The zero-order valence-electron chi connectivity index (χ0n) is 8.18. The number of urea groups is 1. The van der Waals surface area contributed by atoms with Gasteiger partial charge in [0.05, 0.1) is 0 Å². The maximum Gasteiger partial charge on any atom is 0.322 e. The van der Waals surface area contributed by atoms with Gasteiger partial charge in [-0.05, 0) is 27.4 Å². The van der Waals surface area contributed by atoms with Gasteiger partial charge >= 0.3 is 6.03 Å². The van der Waals surface area contributed by atoms with Crippen LogP contribution >= 0.6 is 0 Å². The molecular formula is C8H15N3O2. The molecule has 13 heavy (non-hydrogen) atoms. The Morgan fingerprint density at radius 2 is 2.00 bits per heavy atom. The molecule has 3 amide bonds. The Bertz CT molecular complexity index is 240. The molecule has 1 rings (SSSR count). The minimum atomic E-state index is -0.735. The summed E-state index contributed by atoms with van der Waals surface area (Å²) in [7, 11) is 3.86. The van der Waals surface area contributed by atoms with Crippen LogP contribution in [-0.2, 0) is 4.79 Å². The SMILES string of the molecule is CN(C)CC[C@]1(C)NC(=O)NC1=O. The first-order valence-electron chi connectivity index (χ1n) is 4.22. The zero-order chi connectivity index (χ0) is 10.1. The smallest absolute Gasteiger partial charge is 0.322 e. The summed E-state index contributed by atoms with van der Waals surface area (Å²) in [6, 6.07) is -0.397. The summed E-state index contributed by atoms with van der Waals surface area (Å²) in [4.78, 5) is 24.1. The van der Waals surface area contributed by atoms with Crippen molar-refractivity contribution in [1.29, 1.82) is 0 Å². The third kappa shape index (κ3) is 2.18. The van der Waals surface area contributed by atoms with Gasteiger partial charge in [-0.15, -0.1) is 0 Å². The fourth-order valence-corrected chi connectivity index (χ4v) is 1.20. The summed E-state index contributed by atoms with van der Waals surface area (Å²) >= 11 is 0. The highest BCUT2D eigenvalue weighted by atomic mass is 16.2. The van der Waals surface area contributed by atoms with Crippen LogP contribution in [0.4, 0.5) is 4.79 Å². The number of nitrogens with one attached hydrogen (secondary N) is 2. The molecule has 0 saturated carbocycles. The highest BCUT2D eigenvalue weighted by Crippen LogP contribution is 2.14. The zero-order valence-corrected chi connectivity index (χ0v) is 8.18. The Balaban J connectivity index is 2.55. The molecule has 1 atom stereocenters. The highest BCUT2D eigenvalue weighted by Gasteiger charge is 2.41. The molecule has 1 heterocycles. The predicted octanol–water partition coefficient (Wildman–Crippen LogP) is -0.464. The summed E-state index contributed by atoms with van der Waals surface area (Å²) in [6.07, 6.45) is 0.623. The van der Waals surface area contributed by atoms with Crippen molar-refractivity contribution in [3.05, 3.63) is 0 Å². The molecule has 0 radical (unpaired) electrons. The van der Waals surface area contributed by atoms with Gasteiger partial charge in [0.15, 0.2) is 0 Å². The Kier molecular flexibility index (Phi) is 2.56. The van der Waals surface area contributed by atoms with Gasteiger partial charge in [0.25, 0.3) is 5.91 Å². The van der Waals surface area contributed by atoms with Gasteiger partial charge < -0.3 is 10.2 Å². The van der Waals surface area contributed by atoms with E-state index in [1.54, 1.807) is 6.92 Å². The molecule has 1 aliphatic rings. The Morgan fingerprint density at radius 1 is 1.38 bits per heavy atom. The number of nitrogens with zero attached hydrogens (tertiary/aromatic N) is 1. The minimum absolute atomic E-state index is 0.237. The van der Waals surface area contributed by atoms with E-state index in [0.717, 1.165) is 6.54 Å². The first-order valence-corrected chi connectivity index (χ1v) is 4.22. The maximum absolute atomic E-state index is 11.3. The van der Waals surface area contributed by atoms with E-state index in [4.69, 9.17) is 0 Å². The summed E-state index contributed by atoms with van der Waals surface area (Å²) in [5, 5.41) is 4.83. The van der Waals surface area contributed by atoms with Gasteiger partial charge in [-0.3, -0.25) is 10.1 Å². The molecule has 0 aliphatic carbocycles. The molecule has 0 aromatic carbocycles. The molecule has 1 fully saturated rings. The van der Waals surface area contributed by atoms with E-state index in [2.05, 4.69) is 10.6 Å². The third-order valence-corrected chi connectivity index (χ3v) is 2.18. The van der Waals surface area contributed by atoms with Gasteiger partial charge in [-0.1, -0.05) is 0 Å². The lowest BCUT2D eigenvalue weighted by atomic mass is 9.98. The summed E-state index contributed by atoms with van der Waals surface area (Å²) in [5.74, 6) is -0.237. The second-order valence-electron chi connectivity index (χ2n) is 3.79. The van der Waals surface area contributed by atoms with Crippen LogP contribution in [-0.4, -0.2) is 43.0 Å². The van der Waals surface area contributed by atoms with Crippen molar-refractivity contribution in [2.75, 3.05) is 20.6 Å². The molecule has 2 N–H and O–H groups in total. The fraction of sp³-hybridized carbons (Fsp3) is 0.750. The molecule has 1 saturated heterocycles. The monoisotopic (exact) mass is 185 g/mol. The minimum Gasteiger partial charge on any atom is -0.324 e. The molecule has 1 aliphatic heterocycles. The van der Waals surface area contributed by atoms with E-state index in [1.807, 2.05) is 19.0 Å². The maximum atomic E-state index is 11.3. The average molecular weight is 185 g/mol. The van der Waals surface area contributed by atoms with Gasteiger partial charge in [-0.2, -0.15) is 0 Å². The molecule has 0 spiro atoms. The van der Waals surface area contributed by atoms with Gasteiger partial charge in [0.1, 0.15) is 5.54 Å². The van der Waals surface area contributed by atoms with Crippen molar-refractivity contribution in [1.82, 2.24) is 15.5 Å². The molecule has 0 unspecified atom stereocenters. The quantitative estimate of drug-likeness (QED) is 0.585. The lowest BCUT2D eigenvalue weighted by Crippen LogP contribution is -2.45. The van der Waals surface area contributed by atoms with Crippen LogP contribution in [0.15, 0.2) is 0 Å². The number of carbonyl (C=O) groups is 2. The number of hydrogen-bond acceptors (Lipinski definition) is 3. The topological polar surface area (TPSA) is 61.4 Å². The molecule has 0 aromatic heterocycles. The fourth-order valence-electron chi connectivity index (χ4n) is 1.20. The van der Waals surface area contributed by atoms with Crippen LogP contribution < -0.4 is 10.6 Å². The van der Waals surface area contributed by atoms with Crippen LogP contribution in [0.2, 0.25) is 0 Å². The van der Waals surface area contributed by atoms with Crippen molar-refractivity contribution in [3.63, 3.8) is 0 Å². The summed E-state index contributed by atoms with van der Waals surface area (Å²) < 4.78 is 0. The number of imide groups is 1. The van der Waals surface area contributed by atoms with Crippen LogP contribution in [0.3, 0.4) is 0 Å². The second kappa shape index (κ2) is 3.33. The second-order valence-corrected chi connectivity index (χ2v) is 3.79. The van der Waals surface area contributed by atoms with Gasteiger partial charge in [-0.25, -0.2) is 4.79 Å². The molecule has 0 bridgehead atoms. The third-order valence-electron chi connectivity index (χ3n) is 2.18. The number of carbonyl (C=O) groups excluding carboxylic acids is 2. The first-order chi connectivity index (χ1) is 5.94. The van der Waals surface area contributed by atoms with Crippen molar-refractivity contribution in [2.24, 2.45) is 0 Å². The van der Waals surface area contributed by atoms with Crippen molar-refractivity contribution in [2.45, 2.75) is 18.9 Å². The predicted molar refractivity (Wildman–Crippen MR) is 48.3 cm³/mol. The normalized spacial score (nSPS) is 27.7. The Labute approximate surface area is 77.5 Å². The Morgan fingerprint density at radius 3 is 2.38 bits per heavy atom. The van der Waals surface area contributed by atoms with Crippen LogP contribution in [0.25, 0.3) is 0 Å². The van der Waals surface area contributed by atoms with E-state index in [0.29, 0.717) is 6.42 Å². The van der Waals surface area contributed by atoms with Crippen molar-refractivity contribution in [3.8, 4) is 0 Å². The summed E-state index contributed by atoms with van der Waals surface area (Å²) in [6.45, 7) is 2.50. The van der Waals surface area contributed by atoms with Crippen LogP contribution in [0, 0.1) is 0 Å². The molecule has 5 heteroatoms. The average Bonchev–Trinajstić information content (AvgIpc) is 2.23. The van der Waals surface area contributed by atoms with Crippen molar-refractivity contribution < 1.29 is 9.59 Å². The molecule has 0 aromatic rings. The van der Waals surface area contributed by atoms with Crippen LogP contribution in [0.1, 0.15) is 13.3 Å². The largest absolute Gasteiger partial charge is 0.324 e. The van der Waals surface area contributed by atoms with Gasteiger partial charge in [0.2, 0.25) is 0 Å². The summed E-state index contributed by atoms with van der Waals surface area (Å²) in [5.41, 5.74) is -0.735.